The topological polar surface area (TPSA) is 59.0 Å². The van der Waals surface area contributed by atoms with E-state index in [1.807, 2.05) is 31.2 Å². The fraction of sp³-hybridized carbons (Fsp3) is 0.176. The molecule has 2 heterocycles. The SMILES string of the molecule is CCN(Cc1ccncc1)C(=O)c1cccc2nccnc12. The van der Waals surface area contributed by atoms with Gasteiger partial charge in [-0.3, -0.25) is 19.7 Å². The predicted molar refractivity (Wildman–Crippen MR) is 84.2 cm³/mol. The van der Waals surface area contributed by atoms with Gasteiger partial charge in [0.15, 0.2) is 0 Å². The Morgan fingerprint density at radius 2 is 1.82 bits per heavy atom. The molecule has 0 unspecified atom stereocenters. The van der Waals surface area contributed by atoms with Gasteiger partial charge in [0.1, 0.15) is 5.52 Å². The summed E-state index contributed by atoms with van der Waals surface area (Å²) < 4.78 is 0. The van der Waals surface area contributed by atoms with Crippen molar-refractivity contribution in [2.45, 2.75) is 13.5 Å². The standard InChI is InChI=1S/C17H16N4O/c1-2-21(12-13-6-8-18-9-7-13)17(22)14-4-3-5-15-16(14)20-11-10-19-15/h3-11H,2,12H2,1H3. The summed E-state index contributed by atoms with van der Waals surface area (Å²) in [7, 11) is 0. The first-order valence-corrected chi connectivity index (χ1v) is 7.17. The Morgan fingerprint density at radius 1 is 1.05 bits per heavy atom. The summed E-state index contributed by atoms with van der Waals surface area (Å²) in [6.07, 6.45) is 6.71. The van der Waals surface area contributed by atoms with E-state index in [9.17, 15) is 4.79 Å². The van der Waals surface area contributed by atoms with Crippen LogP contribution in [0.4, 0.5) is 0 Å². The molecule has 110 valence electrons. The quantitative estimate of drug-likeness (QED) is 0.742. The zero-order valence-corrected chi connectivity index (χ0v) is 12.3. The van der Waals surface area contributed by atoms with Crippen LogP contribution in [0.25, 0.3) is 11.0 Å². The lowest BCUT2D eigenvalue weighted by molar-refractivity contribution is 0.0754. The van der Waals surface area contributed by atoms with Crippen LogP contribution in [0.2, 0.25) is 0 Å². The number of rotatable bonds is 4. The summed E-state index contributed by atoms with van der Waals surface area (Å²) >= 11 is 0. The first kappa shape index (κ1) is 14.1. The second-order valence-electron chi connectivity index (χ2n) is 4.90. The Morgan fingerprint density at radius 3 is 2.59 bits per heavy atom. The van der Waals surface area contributed by atoms with E-state index in [1.165, 1.54) is 0 Å². The molecule has 0 radical (unpaired) electrons. The number of carbonyl (C=O) groups excluding carboxylic acids is 1. The minimum absolute atomic E-state index is 0.0367. The van der Waals surface area contributed by atoms with Crippen LogP contribution in [0.15, 0.2) is 55.1 Å². The minimum atomic E-state index is -0.0367. The maximum atomic E-state index is 12.8. The van der Waals surface area contributed by atoms with Gasteiger partial charge in [-0.05, 0) is 36.8 Å². The number of benzene rings is 1. The lowest BCUT2D eigenvalue weighted by Crippen LogP contribution is -2.30. The summed E-state index contributed by atoms with van der Waals surface area (Å²) in [5.41, 5.74) is 3.01. The number of fused-ring (bicyclic) bond motifs is 1. The molecule has 0 spiro atoms. The molecule has 0 aliphatic rings. The molecule has 2 aromatic heterocycles. The van der Waals surface area contributed by atoms with Crippen LogP contribution >= 0.6 is 0 Å². The van der Waals surface area contributed by atoms with Gasteiger partial charge in [-0.15, -0.1) is 0 Å². The first-order valence-electron chi connectivity index (χ1n) is 7.17. The van der Waals surface area contributed by atoms with E-state index in [2.05, 4.69) is 15.0 Å². The fourth-order valence-electron chi connectivity index (χ4n) is 2.37. The highest BCUT2D eigenvalue weighted by molar-refractivity contribution is 6.04. The van der Waals surface area contributed by atoms with Gasteiger partial charge in [0.05, 0.1) is 11.1 Å². The molecule has 0 aliphatic heterocycles. The third-order valence-corrected chi connectivity index (χ3v) is 3.52. The molecule has 22 heavy (non-hydrogen) atoms. The zero-order chi connectivity index (χ0) is 15.4. The highest BCUT2D eigenvalue weighted by Gasteiger charge is 2.17. The van der Waals surface area contributed by atoms with Crippen LogP contribution < -0.4 is 0 Å². The van der Waals surface area contributed by atoms with Crippen molar-refractivity contribution in [1.82, 2.24) is 19.9 Å². The van der Waals surface area contributed by atoms with Crippen LogP contribution in [0.1, 0.15) is 22.8 Å². The summed E-state index contributed by atoms with van der Waals surface area (Å²) in [6.45, 7) is 3.14. The number of amides is 1. The van der Waals surface area contributed by atoms with E-state index in [-0.39, 0.29) is 5.91 Å². The molecule has 0 N–H and O–H groups in total. The summed E-state index contributed by atoms with van der Waals surface area (Å²) in [4.78, 5) is 27.2. The molecule has 1 amide bonds. The summed E-state index contributed by atoms with van der Waals surface area (Å²) in [6, 6.07) is 9.33. The van der Waals surface area contributed by atoms with E-state index in [0.29, 0.717) is 24.2 Å². The van der Waals surface area contributed by atoms with Gasteiger partial charge in [-0.2, -0.15) is 0 Å². The van der Waals surface area contributed by atoms with Crippen molar-refractivity contribution < 1.29 is 4.79 Å². The minimum Gasteiger partial charge on any atom is -0.335 e. The van der Waals surface area contributed by atoms with Gasteiger partial charge < -0.3 is 4.90 Å². The lowest BCUT2D eigenvalue weighted by Gasteiger charge is -2.21. The van der Waals surface area contributed by atoms with Gasteiger partial charge in [-0.25, -0.2) is 0 Å². The molecule has 0 saturated heterocycles. The van der Waals surface area contributed by atoms with E-state index < -0.39 is 0 Å². The highest BCUT2D eigenvalue weighted by atomic mass is 16.2. The van der Waals surface area contributed by atoms with Crippen molar-refractivity contribution in [2.24, 2.45) is 0 Å². The summed E-state index contributed by atoms with van der Waals surface area (Å²) in [5, 5.41) is 0. The van der Waals surface area contributed by atoms with Gasteiger partial charge in [0.2, 0.25) is 0 Å². The monoisotopic (exact) mass is 292 g/mol. The highest BCUT2D eigenvalue weighted by Crippen LogP contribution is 2.17. The number of aromatic nitrogens is 3. The third-order valence-electron chi connectivity index (χ3n) is 3.52. The Bertz CT molecular complexity index is 784. The zero-order valence-electron chi connectivity index (χ0n) is 12.3. The largest absolute Gasteiger partial charge is 0.335 e. The Hall–Kier alpha value is -2.82. The Labute approximate surface area is 128 Å². The number of pyridine rings is 1. The van der Waals surface area contributed by atoms with Crippen molar-refractivity contribution >= 4 is 16.9 Å². The van der Waals surface area contributed by atoms with Crippen LogP contribution in [-0.2, 0) is 6.54 Å². The molecule has 0 atom stereocenters. The van der Waals surface area contributed by atoms with E-state index in [0.717, 1.165) is 11.1 Å². The fourth-order valence-corrected chi connectivity index (χ4v) is 2.37. The van der Waals surface area contributed by atoms with Crippen LogP contribution in [0.3, 0.4) is 0 Å². The van der Waals surface area contributed by atoms with Crippen LogP contribution in [-0.4, -0.2) is 32.3 Å². The molecule has 1 aromatic carbocycles. The third kappa shape index (κ3) is 2.79. The Balaban J connectivity index is 1.93. The first-order chi connectivity index (χ1) is 10.8. The molecule has 5 nitrogen and oxygen atoms in total. The molecular formula is C17H16N4O. The van der Waals surface area contributed by atoms with Gasteiger partial charge >= 0.3 is 0 Å². The van der Waals surface area contributed by atoms with E-state index in [4.69, 9.17) is 0 Å². The van der Waals surface area contributed by atoms with Crippen molar-refractivity contribution in [3.05, 3.63) is 66.2 Å². The number of carbonyl (C=O) groups is 1. The van der Waals surface area contributed by atoms with Crippen LogP contribution in [0.5, 0.6) is 0 Å². The molecule has 0 bridgehead atoms. The average molecular weight is 292 g/mol. The van der Waals surface area contributed by atoms with Gasteiger partial charge in [-0.1, -0.05) is 6.07 Å². The number of hydrogen-bond donors (Lipinski definition) is 0. The molecule has 3 rings (SSSR count). The van der Waals surface area contributed by atoms with Crippen molar-refractivity contribution in [3.63, 3.8) is 0 Å². The molecule has 0 fully saturated rings. The van der Waals surface area contributed by atoms with E-state index >= 15 is 0 Å². The second-order valence-corrected chi connectivity index (χ2v) is 4.90. The average Bonchev–Trinajstić information content (AvgIpc) is 2.59. The lowest BCUT2D eigenvalue weighted by atomic mass is 10.1. The molecule has 3 aromatic rings. The van der Waals surface area contributed by atoms with Gasteiger partial charge in [0, 0.05) is 37.9 Å². The number of para-hydroxylation sites is 1. The van der Waals surface area contributed by atoms with Crippen molar-refractivity contribution in [3.8, 4) is 0 Å². The van der Waals surface area contributed by atoms with Crippen LogP contribution in [0, 0.1) is 0 Å². The predicted octanol–water partition coefficient (Wildman–Crippen LogP) is 2.69. The molecular weight excluding hydrogens is 276 g/mol. The molecule has 0 aliphatic carbocycles. The number of hydrogen-bond acceptors (Lipinski definition) is 4. The van der Waals surface area contributed by atoms with Gasteiger partial charge in [0.25, 0.3) is 5.91 Å². The summed E-state index contributed by atoms with van der Waals surface area (Å²) in [5.74, 6) is -0.0367. The maximum absolute atomic E-state index is 12.8. The van der Waals surface area contributed by atoms with Crippen molar-refractivity contribution in [1.29, 1.82) is 0 Å². The van der Waals surface area contributed by atoms with Crippen molar-refractivity contribution in [2.75, 3.05) is 6.54 Å². The second kappa shape index (κ2) is 6.30. The molecule has 0 saturated carbocycles. The normalized spacial score (nSPS) is 10.6. The number of nitrogens with zero attached hydrogens (tertiary/aromatic N) is 4. The molecule has 5 heteroatoms. The smallest absolute Gasteiger partial charge is 0.256 e. The Kier molecular flexibility index (Phi) is 4.05. The van der Waals surface area contributed by atoms with E-state index in [1.54, 1.807) is 35.8 Å². The maximum Gasteiger partial charge on any atom is 0.256 e.